The number of aromatic nitrogens is 2. The van der Waals surface area contributed by atoms with E-state index in [0.29, 0.717) is 12.4 Å². The number of carbonyl (C=O) groups is 2. The van der Waals surface area contributed by atoms with Crippen molar-refractivity contribution in [1.82, 2.24) is 20.0 Å². The second-order valence-corrected chi connectivity index (χ2v) is 9.92. The van der Waals surface area contributed by atoms with Crippen LogP contribution in [0, 0.1) is 0 Å². The van der Waals surface area contributed by atoms with Gasteiger partial charge in [0.2, 0.25) is 5.91 Å². The van der Waals surface area contributed by atoms with E-state index < -0.39 is 5.54 Å². The highest BCUT2D eigenvalue weighted by atomic mass is 16.5. The Kier molecular flexibility index (Phi) is 8.49. The van der Waals surface area contributed by atoms with Crippen LogP contribution in [0.2, 0.25) is 0 Å². The molecule has 0 bridgehead atoms. The van der Waals surface area contributed by atoms with Gasteiger partial charge in [0.05, 0.1) is 25.1 Å². The van der Waals surface area contributed by atoms with Crippen molar-refractivity contribution in [2.75, 3.05) is 39.2 Å². The summed E-state index contributed by atoms with van der Waals surface area (Å²) in [4.78, 5) is 27.1. The third kappa shape index (κ3) is 7.78. The van der Waals surface area contributed by atoms with Crippen molar-refractivity contribution in [3.8, 4) is 11.4 Å². The molecular weight excluding hydrogens is 422 g/mol. The number of ether oxygens (including phenoxy) is 2. The molecule has 0 spiro atoms. The normalized spacial score (nSPS) is 11.8. The number of hydrogen-bond donors (Lipinski definition) is 2. The molecule has 0 aliphatic carbocycles. The smallest absolute Gasteiger partial charge is 0.318 e. The molecule has 9 nitrogen and oxygen atoms in total. The van der Waals surface area contributed by atoms with Gasteiger partial charge in [-0.25, -0.2) is 9.48 Å². The van der Waals surface area contributed by atoms with Crippen LogP contribution in [0.5, 0.6) is 5.75 Å². The van der Waals surface area contributed by atoms with Crippen molar-refractivity contribution in [2.45, 2.75) is 52.5 Å². The van der Waals surface area contributed by atoms with Gasteiger partial charge in [-0.05, 0) is 45.0 Å². The van der Waals surface area contributed by atoms with Gasteiger partial charge < -0.3 is 25.0 Å². The lowest BCUT2D eigenvalue weighted by Gasteiger charge is -2.28. The Labute approximate surface area is 196 Å². The Morgan fingerprint density at radius 2 is 1.70 bits per heavy atom. The number of nitrogens with one attached hydrogen (secondary N) is 2. The summed E-state index contributed by atoms with van der Waals surface area (Å²) in [5, 5.41) is 10.5. The lowest BCUT2D eigenvalue weighted by Crippen LogP contribution is -2.51. The van der Waals surface area contributed by atoms with Gasteiger partial charge >= 0.3 is 6.03 Å². The summed E-state index contributed by atoms with van der Waals surface area (Å²) in [6.45, 7) is 12.3. The van der Waals surface area contributed by atoms with Gasteiger partial charge in [0.1, 0.15) is 18.1 Å². The van der Waals surface area contributed by atoms with E-state index in [1.807, 2.05) is 51.1 Å². The number of carbonyl (C=O) groups excluding carboxylic acids is 2. The predicted octanol–water partition coefficient (Wildman–Crippen LogP) is 3.57. The predicted molar refractivity (Wildman–Crippen MR) is 129 cm³/mol. The third-order valence-corrected chi connectivity index (χ3v) is 4.73. The van der Waals surface area contributed by atoms with E-state index in [1.165, 1.54) is 4.90 Å². The molecule has 0 aliphatic rings. The van der Waals surface area contributed by atoms with Crippen LogP contribution in [0.3, 0.4) is 0 Å². The maximum atomic E-state index is 13.0. The van der Waals surface area contributed by atoms with Crippen LogP contribution < -0.4 is 15.4 Å². The molecule has 0 radical (unpaired) electrons. The number of urea groups is 1. The van der Waals surface area contributed by atoms with Gasteiger partial charge in [0.25, 0.3) is 0 Å². The first-order valence-corrected chi connectivity index (χ1v) is 10.9. The standard InChI is InChI=1S/C24H37N5O4/c1-23(2,3)19-15-20(29(27-19)17-9-11-18(33-8)12-10-17)25-21(30)16-28(13-14-32-7)22(31)26-24(4,5)6/h9-12,15H,13-14,16H2,1-8H3,(H,25,30)(H,26,31). The van der Waals surface area contributed by atoms with E-state index in [-0.39, 0.29) is 30.4 Å². The topological polar surface area (TPSA) is 97.7 Å². The summed E-state index contributed by atoms with van der Waals surface area (Å²) in [6.07, 6.45) is 0. The van der Waals surface area contributed by atoms with E-state index in [1.54, 1.807) is 18.9 Å². The molecule has 3 amide bonds. The first-order chi connectivity index (χ1) is 15.3. The van der Waals surface area contributed by atoms with Crippen molar-refractivity contribution in [2.24, 2.45) is 0 Å². The van der Waals surface area contributed by atoms with Crippen LogP contribution in [-0.2, 0) is 14.9 Å². The zero-order valence-corrected chi connectivity index (χ0v) is 21.0. The molecule has 1 heterocycles. The molecule has 2 rings (SSSR count). The highest BCUT2D eigenvalue weighted by Crippen LogP contribution is 2.27. The number of hydrogen-bond acceptors (Lipinski definition) is 5. The van der Waals surface area contributed by atoms with Crippen molar-refractivity contribution < 1.29 is 19.1 Å². The molecule has 0 atom stereocenters. The lowest BCUT2D eigenvalue weighted by molar-refractivity contribution is -0.116. The number of anilines is 1. The molecule has 33 heavy (non-hydrogen) atoms. The Hall–Kier alpha value is -3.07. The second-order valence-electron chi connectivity index (χ2n) is 9.92. The van der Waals surface area contributed by atoms with Gasteiger partial charge in [-0.15, -0.1) is 0 Å². The van der Waals surface area contributed by atoms with E-state index in [9.17, 15) is 9.59 Å². The average Bonchev–Trinajstić information content (AvgIpc) is 3.14. The first kappa shape index (κ1) is 26.2. The molecule has 0 saturated heterocycles. The van der Waals surface area contributed by atoms with Crippen molar-refractivity contribution >= 4 is 17.8 Å². The molecule has 9 heteroatoms. The highest BCUT2D eigenvalue weighted by molar-refractivity contribution is 5.94. The van der Waals surface area contributed by atoms with Crippen molar-refractivity contribution in [3.63, 3.8) is 0 Å². The minimum atomic E-state index is -0.423. The van der Waals surface area contributed by atoms with Crippen LogP contribution in [-0.4, -0.2) is 66.1 Å². The van der Waals surface area contributed by atoms with E-state index >= 15 is 0 Å². The zero-order chi connectivity index (χ0) is 24.8. The summed E-state index contributed by atoms with van der Waals surface area (Å²) < 4.78 is 12.0. The Bertz CT molecular complexity index is 939. The number of rotatable bonds is 8. The quantitative estimate of drug-likeness (QED) is 0.629. The first-order valence-electron chi connectivity index (χ1n) is 10.9. The average molecular weight is 460 g/mol. The maximum absolute atomic E-state index is 13.0. The van der Waals surface area contributed by atoms with Gasteiger partial charge in [-0.2, -0.15) is 5.10 Å². The fourth-order valence-electron chi connectivity index (χ4n) is 2.97. The number of benzene rings is 1. The van der Waals surface area contributed by atoms with Gasteiger partial charge in [-0.1, -0.05) is 20.8 Å². The van der Waals surface area contributed by atoms with E-state index in [4.69, 9.17) is 14.6 Å². The van der Waals surface area contributed by atoms with E-state index in [0.717, 1.165) is 17.1 Å². The molecular formula is C24H37N5O4. The van der Waals surface area contributed by atoms with Crippen LogP contribution in [0.4, 0.5) is 10.6 Å². The molecule has 1 aromatic heterocycles. The fraction of sp³-hybridized carbons (Fsp3) is 0.542. The van der Waals surface area contributed by atoms with Crippen LogP contribution >= 0.6 is 0 Å². The SMILES string of the molecule is COCCN(CC(=O)Nc1cc(C(C)(C)C)nn1-c1ccc(OC)cc1)C(=O)NC(C)(C)C. The summed E-state index contributed by atoms with van der Waals surface area (Å²) in [6, 6.07) is 8.95. The molecule has 0 unspecified atom stereocenters. The van der Waals surface area contributed by atoms with Crippen LogP contribution in [0.25, 0.3) is 5.69 Å². The van der Waals surface area contributed by atoms with Gasteiger partial charge in [0.15, 0.2) is 0 Å². The number of methoxy groups -OCH3 is 2. The van der Waals surface area contributed by atoms with Crippen LogP contribution in [0.15, 0.2) is 30.3 Å². The third-order valence-electron chi connectivity index (χ3n) is 4.73. The lowest BCUT2D eigenvalue weighted by atomic mass is 9.92. The highest BCUT2D eigenvalue weighted by Gasteiger charge is 2.24. The van der Waals surface area contributed by atoms with Crippen molar-refractivity contribution in [3.05, 3.63) is 36.0 Å². The second kappa shape index (κ2) is 10.7. The molecule has 2 N–H and O–H groups in total. The summed E-state index contributed by atoms with van der Waals surface area (Å²) in [5.41, 5.74) is 0.973. The maximum Gasteiger partial charge on any atom is 0.318 e. The molecule has 0 fully saturated rings. The minimum Gasteiger partial charge on any atom is -0.497 e. The Balaban J connectivity index is 2.28. The fourth-order valence-corrected chi connectivity index (χ4v) is 2.97. The summed E-state index contributed by atoms with van der Waals surface area (Å²) in [5.74, 6) is 0.925. The molecule has 0 saturated carbocycles. The summed E-state index contributed by atoms with van der Waals surface area (Å²) in [7, 11) is 3.17. The minimum absolute atomic E-state index is 0.121. The summed E-state index contributed by atoms with van der Waals surface area (Å²) >= 11 is 0. The monoisotopic (exact) mass is 459 g/mol. The molecule has 182 valence electrons. The molecule has 0 aliphatic heterocycles. The zero-order valence-electron chi connectivity index (χ0n) is 21.0. The molecule has 2 aromatic rings. The number of nitrogens with zero attached hydrogens (tertiary/aromatic N) is 3. The van der Waals surface area contributed by atoms with Crippen molar-refractivity contribution in [1.29, 1.82) is 0 Å². The van der Waals surface area contributed by atoms with Gasteiger partial charge in [0, 0.05) is 30.7 Å². The molecule has 1 aromatic carbocycles. The van der Waals surface area contributed by atoms with Crippen LogP contribution in [0.1, 0.15) is 47.2 Å². The Morgan fingerprint density at radius 3 is 2.21 bits per heavy atom. The van der Waals surface area contributed by atoms with E-state index in [2.05, 4.69) is 31.4 Å². The van der Waals surface area contributed by atoms with Gasteiger partial charge in [-0.3, -0.25) is 4.79 Å². The number of amides is 3. The largest absolute Gasteiger partial charge is 0.497 e. The Morgan fingerprint density at radius 1 is 1.06 bits per heavy atom.